The summed E-state index contributed by atoms with van der Waals surface area (Å²) in [5, 5.41) is 3.36. The van der Waals surface area contributed by atoms with Crippen LogP contribution in [0.2, 0.25) is 0 Å². The summed E-state index contributed by atoms with van der Waals surface area (Å²) in [6, 6.07) is 8.54. The number of hydrogen-bond acceptors (Lipinski definition) is 3. The lowest BCUT2D eigenvalue weighted by molar-refractivity contribution is -0.148. The van der Waals surface area contributed by atoms with Gasteiger partial charge in [0.25, 0.3) is 0 Å². The number of nitrogens with zero attached hydrogens (tertiary/aromatic N) is 1. The molecule has 2 amide bonds. The molecule has 1 N–H and O–H groups in total. The first-order chi connectivity index (χ1) is 9.97. The van der Waals surface area contributed by atoms with E-state index in [1.807, 2.05) is 0 Å². The van der Waals surface area contributed by atoms with Crippen molar-refractivity contribution in [1.82, 2.24) is 10.2 Å². The van der Waals surface area contributed by atoms with Crippen molar-refractivity contribution in [3.8, 4) is 0 Å². The molecule has 21 heavy (non-hydrogen) atoms. The van der Waals surface area contributed by atoms with Gasteiger partial charge in [-0.2, -0.15) is 0 Å². The van der Waals surface area contributed by atoms with Gasteiger partial charge in [0, 0.05) is 19.5 Å². The van der Waals surface area contributed by atoms with Gasteiger partial charge in [-0.3, -0.25) is 14.5 Å². The van der Waals surface area contributed by atoms with Crippen LogP contribution in [0.5, 0.6) is 0 Å². The highest BCUT2D eigenvalue weighted by Crippen LogP contribution is 2.14. The molecule has 4 nitrogen and oxygen atoms in total. The van der Waals surface area contributed by atoms with E-state index in [-0.39, 0.29) is 23.9 Å². The monoisotopic (exact) mass is 288 g/mol. The summed E-state index contributed by atoms with van der Waals surface area (Å²) in [6.45, 7) is 4.19. The van der Waals surface area contributed by atoms with Crippen LogP contribution in [0.3, 0.4) is 0 Å². The van der Waals surface area contributed by atoms with Crippen LogP contribution in [-0.2, 0) is 16.0 Å². The molecule has 1 aromatic carbocycles. The molecule has 1 aliphatic rings. The fourth-order valence-electron chi connectivity index (χ4n) is 2.75. The summed E-state index contributed by atoms with van der Waals surface area (Å²) in [7, 11) is 1.57. The van der Waals surface area contributed by atoms with Gasteiger partial charge in [0.05, 0.1) is 6.04 Å². The Morgan fingerprint density at radius 2 is 2.14 bits per heavy atom. The summed E-state index contributed by atoms with van der Waals surface area (Å²) in [4.78, 5) is 24.7. The van der Waals surface area contributed by atoms with Gasteiger partial charge in [-0.05, 0) is 38.7 Å². The summed E-state index contributed by atoms with van der Waals surface area (Å²) >= 11 is 0. The second-order valence-corrected chi connectivity index (χ2v) is 5.98. The topological polar surface area (TPSA) is 49.4 Å². The second-order valence-electron chi connectivity index (χ2n) is 5.98. The zero-order valence-corrected chi connectivity index (χ0v) is 13.1. The number of piperidine rings is 1. The van der Waals surface area contributed by atoms with Crippen molar-refractivity contribution in [3.63, 3.8) is 0 Å². The Morgan fingerprint density at radius 3 is 2.86 bits per heavy atom. The molecule has 0 aliphatic carbocycles. The van der Waals surface area contributed by atoms with Crippen molar-refractivity contribution in [2.75, 3.05) is 7.05 Å². The fourth-order valence-corrected chi connectivity index (χ4v) is 2.75. The fraction of sp³-hybridized carbons (Fsp3) is 0.529. The van der Waals surface area contributed by atoms with E-state index >= 15 is 0 Å². The second kappa shape index (κ2) is 6.85. The SMILES string of the molecule is Cc1cccc(CCC(C)NC2CCC(=O)N(C)C2=O)c1. The van der Waals surface area contributed by atoms with Crippen LogP contribution in [0, 0.1) is 6.92 Å². The Morgan fingerprint density at radius 1 is 1.38 bits per heavy atom. The number of likely N-dealkylation sites (N-methyl/N-ethyl adjacent to an activating group) is 1. The van der Waals surface area contributed by atoms with E-state index in [0.717, 1.165) is 12.8 Å². The highest BCUT2D eigenvalue weighted by Gasteiger charge is 2.32. The zero-order chi connectivity index (χ0) is 15.4. The molecule has 1 heterocycles. The number of nitrogens with one attached hydrogen (secondary N) is 1. The number of hydrogen-bond donors (Lipinski definition) is 1. The van der Waals surface area contributed by atoms with E-state index in [2.05, 4.69) is 43.4 Å². The number of carbonyl (C=O) groups is 2. The van der Waals surface area contributed by atoms with E-state index in [4.69, 9.17) is 0 Å². The van der Waals surface area contributed by atoms with Gasteiger partial charge in [0.15, 0.2) is 0 Å². The molecule has 0 aromatic heterocycles. The predicted molar refractivity (Wildman–Crippen MR) is 82.9 cm³/mol. The summed E-state index contributed by atoms with van der Waals surface area (Å²) in [5.41, 5.74) is 2.60. The van der Waals surface area contributed by atoms with Gasteiger partial charge in [0.1, 0.15) is 0 Å². The Kier molecular flexibility index (Phi) is 5.12. The molecule has 4 heteroatoms. The number of carbonyl (C=O) groups excluding carboxylic acids is 2. The molecular formula is C17H24N2O2. The van der Waals surface area contributed by atoms with E-state index in [0.29, 0.717) is 12.8 Å². The van der Waals surface area contributed by atoms with Crippen molar-refractivity contribution in [3.05, 3.63) is 35.4 Å². The molecular weight excluding hydrogens is 264 g/mol. The van der Waals surface area contributed by atoms with Crippen molar-refractivity contribution in [2.45, 2.75) is 51.6 Å². The standard InChI is InChI=1S/C17H24N2O2/c1-12-5-4-6-14(11-12)8-7-13(2)18-15-9-10-16(20)19(3)17(15)21/h4-6,11,13,15,18H,7-10H2,1-3H3. The lowest BCUT2D eigenvalue weighted by Crippen LogP contribution is -2.53. The molecule has 2 atom stereocenters. The molecule has 2 unspecified atom stereocenters. The summed E-state index contributed by atoms with van der Waals surface area (Å²) in [6.07, 6.45) is 3.03. The van der Waals surface area contributed by atoms with E-state index < -0.39 is 0 Å². The number of rotatable bonds is 5. The smallest absolute Gasteiger partial charge is 0.246 e. The van der Waals surface area contributed by atoms with Gasteiger partial charge >= 0.3 is 0 Å². The highest BCUT2D eigenvalue weighted by atomic mass is 16.2. The van der Waals surface area contributed by atoms with Gasteiger partial charge < -0.3 is 5.32 Å². The molecule has 0 saturated carbocycles. The molecule has 114 valence electrons. The molecule has 1 saturated heterocycles. The maximum atomic E-state index is 12.0. The van der Waals surface area contributed by atoms with Crippen LogP contribution >= 0.6 is 0 Å². The first-order valence-electron chi connectivity index (χ1n) is 7.59. The highest BCUT2D eigenvalue weighted by molar-refractivity contribution is 6.00. The minimum atomic E-state index is -0.222. The molecule has 1 fully saturated rings. The van der Waals surface area contributed by atoms with Crippen molar-refractivity contribution >= 4 is 11.8 Å². The first kappa shape index (κ1) is 15.7. The third kappa shape index (κ3) is 4.14. The maximum absolute atomic E-state index is 12.0. The predicted octanol–water partition coefficient (Wildman–Crippen LogP) is 2.05. The molecule has 1 aromatic rings. The maximum Gasteiger partial charge on any atom is 0.246 e. The Bertz CT molecular complexity index is 527. The summed E-state index contributed by atoms with van der Waals surface area (Å²) < 4.78 is 0. The van der Waals surface area contributed by atoms with Crippen molar-refractivity contribution in [1.29, 1.82) is 0 Å². The van der Waals surface area contributed by atoms with Gasteiger partial charge in [-0.25, -0.2) is 0 Å². The number of benzene rings is 1. The normalized spacial score (nSPS) is 20.7. The van der Waals surface area contributed by atoms with E-state index in [9.17, 15) is 9.59 Å². The van der Waals surface area contributed by atoms with E-state index in [1.165, 1.54) is 16.0 Å². The average molecular weight is 288 g/mol. The molecule has 0 spiro atoms. The van der Waals surface area contributed by atoms with Crippen molar-refractivity contribution in [2.24, 2.45) is 0 Å². The first-order valence-corrected chi connectivity index (χ1v) is 7.59. The van der Waals surface area contributed by atoms with Gasteiger partial charge in [-0.15, -0.1) is 0 Å². The zero-order valence-electron chi connectivity index (χ0n) is 13.1. The van der Waals surface area contributed by atoms with Crippen LogP contribution in [-0.4, -0.2) is 35.8 Å². The Balaban J connectivity index is 1.83. The molecule has 0 radical (unpaired) electrons. The molecule has 0 bridgehead atoms. The lowest BCUT2D eigenvalue weighted by atomic mass is 10.0. The molecule has 2 rings (SSSR count). The number of aryl methyl sites for hydroxylation is 2. The van der Waals surface area contributed by atoms with Crippen LogP contribution < -0.4 is 5.32 Å². The minimum Gasteiger partial charge on any atom is -0.303 e. The minimum absolute atomic E-state index is 0.0783. The van der Waals surface area contributed by atoms with Crippen LogP contribution in [0.1, 0.15) is 37.3 Å². The van der Waals surface area contributed by atoms with Crippen LogP contribution in [0.15, 0.2) is 24.3 Å². The number of amides is 2. The largest absolute Gasteiger partial charge is 0.303 e. The van der Waals surface area contributed by atoms with Gasteiger partial charge in [0.2, 0.25) is 11.8 Å². The van der Waals surface area contributed by atoms with Gasteiger partial charge in [-0.1, -0.05) is 29.8 Å². The third-order valence-corrected chi connectivity index (χ3v) is 4.08. The van der Waals surface area contributed by atoms with Crippen LogP contribution in [0.4, 0.5) is 0 Å². The number of likely N-dealkylation sites (tertiary alicyclic amines) is 1. The lowest BCUT2D eigenvalue weighted by Gasteiger charge is -2.30. The number of imide groups is 1. The summed E-state index contributed by atoms with van der Waals surface area (Å²) in [5.74, 6) is -0.181. The molecule has 1 aliphatic heterocycles. The quantitative estimate of drug-likeness (QED) is 0.844. The van der Waals surface area contributed by atoms with E-state index in [1.54, 1.807) is 7.05 Å². The average Bonchev–Trinajstić information content (AvgIpc) is 2.46. The third-order valence-electron chi connectivity index (χ3n) is 4.08. The van der Waals surface area contributed by atoms with Crippen molar-refractivity contribution < 1.29 is 9.59 Å². The Hall–Kier alpha value is -1.68. The Labute approximate surface area is 126 Å². The van der Waals surface area contributed by atoms with Crippen LogP contribution in [0.25, 0.3) is 0 Å².